The number of methoxy groups -OCH3 is 3. The third kappa shape index (κ3) is 3.62. The molecule has 0 spiro atoms. The third-order valence-electron chi connectivity index (χ3n) is 4.05. The molecule has 0 fully saturated rings. The van der Waals surface area contributed by atoms with Crippen molar-refractivity contribution in [2.24, 2.45) is 0 Å². The summed E-state index contributed by atoms with van der Waals surface area (Å²) in [6.07, 6.45) is 1.51. The highest BCUT2D eigenvalue weighted by Gasteiger charge is 2.19. The van der Waals surface area contributed by atoms with Crippen molar-refractivity contribution in [2.45, 2.75) is 0 Å². The summed E-state index contributed by atoms with van der Waals surface area (Å²) in [4.78, 5) is 15.7. The summed E-state index contributed by atoms with van der Waals surface area (Å²) in [7, 11) is 4.38. The minimum Gasteiger partial charge on any atom is -0.493 e. The number of ketones is 1. The Labute approximate surface area is 154 Å². The SMILES string of the molecule is COc1cc(C(=O)c2cc(-c3cc(F)cc(F)c3)c[nH]2)cc(OC)c1OC. The lowest BCUT2D eigenvalue weighted by Crippen LogP contribution is -2.04. The largest absolute Gasteiger partial charge is 0.493 e. The number of nitrogens with one attached hydrogen (secondary N) is 1. The molecule has 140 valence electrons. The Kier molecular flexibility index (Phi) is 5.12. The number of aromatic amines is 1. The minimum absolute atomic E-state index is 0.254. The van der Waals surface area contributed by atoms with E-state index < -0.39 is 11.6 Å². The number of rotatable bonds is 6. The summed E-state index contributed by atoms with van der Waals surface area (Å²) in [6, 6.07) is 7.77. The fourth-order valence-electron chi connectivity index (χ4n) is 2.78. The van der Waals surface area contributed by atoms with Crippen molar-refractivity contribution < 1.29 is 27.8 Å². The van der Waals surface area contributed by atoms with E-state index in [9.17, 15) is 13.6 Å². The molecule has 1 N–H and O–H groups in total. The molecule has 7 heteroatoms. The van der Waals surface area contributed by atoms with Crippen LogP contribution >= 0.6 is 0 Å². The lowest BCUT2D eigenvalue weighted by atomic mass is 10.0. The van der Waals surface area contributed by atoms with Gasteiger partial charge in [0, 0.05) is 23.4 Å². The molecule has 3 aromatic rings. The fraction of sp³-hybridized carbons (Fsp3) is 0.150. The molecule has 0 bridgehead atoms. The third-order valence-corrected chi connectivity index (χ3v) is 4.05. The molecule has 27 heavy (non-hydrogen) atoms. The molecular formula is C20H17F2NO4. The van der Waals surface area contributed by atoms with E-state index in [1.165, 1.54) is 57.9 Å². The predicted molar refractivity (Wildman–Crippen MR) is 95.7 cm³/mol. The smallest absolute Gasteiger partial charge is 0.209 e. The maximum Gasteiger partial charge on any atom is 0.209 e. The first-order valence-corrected chi connectivity index (χ1v) is 7.96. The summed E-state index contributed by atoms with van der Waals surface area (Å²) in [6.45, 7) is 0. The number of benzene rings is 2. The number of H-pyrrole nitrogens is 1. The monoisotopic (exact) mass is 373 g/mol. The van der Waals surface area contributed by atoms with Crippen LogP contribution < -0.4 is 14.2 Å². The van der Waals surface area contributed by atoms with Crippen LogP contribution in [0.4, 0.5) is 8.78 Å². The Balaban J connectivity index is 1.99. The molecule has 2 aromatic carbocycles. The molecule has 0 saturated carbocycles. The van der Waals surface area contributed by atoms with Crippen LogP contribution in [0.25, 0.3) is 11.1 Å². The van der Waals surface area contributed by atoms with E-state index in [0.717, 1.165) is 6.07 Å². The van der Waals surface area contributed by atoms with Crippen LogP contribution in [0.15, 0.2) is 42.6 Å². The Morgan fingerprint density at radius 1 is 0.815 bits per heavy atom. The zero-order chi connectivity index (χ0) is 19.6. The Hall–Kier alpha value is -3.35. The summed E-state index contributed by atoms with van der Waals surface area (Å²) < 4.78 is 42.6. The van der Waals surface area contributed by atoms with Crippen LogP contribution in [0, 0.1) is 11.6 Å². The predicted octanol–water partition coefficient (Wildman–Crippen LogP) is 4.22. The first-order valence-electron chi connectivity index (χ1n) is 7.96. The van der Waals surface area contributed by atoms with Crippen molar-refractivity contribution in [2.75, 3.05) is 21.3 Å². The van der Waals surface area contributed by atoms with Crippen molar-refractivity contribution in [3.8, 4) is 28.4 Å². The van der Waals surface area contributed by atoms with Crippen molar-refractivity contribution in [1.29, 1.82) is 0 Å². The molecule has 0 unspecified atom stereocenters. The molecule has 0 aliphatic rings. The van der Waals surface area contributed by atoms with Crippen molar-refractivity contribution in [3.63, 3.8) is 0 Å². The van der Waals surface area contributed by atoms with Gasteiger partial charge < -0.3 is 19.2 Å². The van der Waals surface area contributed by atoms with Crippen LogP contribution in [-0.2, 0) is 0 Å². The first-order chi connectivity index (χ1) is 13.0. The molecule has 0 atom stereocenters. The number of halogens is 2. The zero-order valence-electron chi connectivity index (χ0n) is 14.9. The topological polar surface area (TPSA) is 60.6 Å². The number of aromatic nitrogens is 1. The van der Waals surface area contributed by atoms with Gasteiger partial charge in [0.1, 0.15) is 11.6 Å². The number of carbonyl (C=O) groups excluding carboxylic acids is 1. The van der Waals surface area contributed by atoms with Crippen LogP contribution in [0.5, 0.6) is 17.2 Å². The van der Waals surface area contributed by atoms with E-state index in [1.54, 1.807) is 0 Å². The van der Waals surface area contributed by atoms with Crippen LogP contribution in [0.2, 0.25) is 0 Å². The molecule has 0 amide bonds. The lowest BCUT2D eigenvalue weighted by Gasteiger charge is -2.13. The van der Waals surface area contributed by atoms with Gasteiger partial charge in [-0.2, -0.15) is 0 Å². The van der Waals surface area contributed by atoms with Crippen molar-refractivity contribution in [3.05, 3.63) is 65.5 Å². The molecule has 0 aliphatic heterocycles. The minimum atomic E-state index is -0.691. The Morgan fingerprint density at radius 2 is 1.41 bits per heavy atom. The van der Waals surface area contributed by atoms with Crippen LogP contribution in [-0.4, -0.2) is 32.1 Å². The van der Waals surface area contributed by atoms with Gasteiger partial charge in [0.25, 0.3) is 0 Å². The number of carbonyl (C=O) groups is 1. The highest BCUT2D eigenvalue weighted by atomic mass is 19.1. The van der Waals surface area contributed by atoms with Crippen LogP contribution in [0.1, 0.15) is 16.1 Å². The van der Waals surface area contributed by atoms with Gasteiger partial charge in [-0.25, -0.2) is 8.78 Å². The van der Waals surface area contributed by atoms with E-state index in [4.69, 9.17) is 14.2 Å². The highest BCUT2D eigenvalue weighted by Crippen LogP contribution is 2.38. The van der Waals surface area contributed by atoms with Gasteiger partial charge in [-0.3, -0.25) is 4.79 Å². The van der Waals surface area contributed by atoms with Crippen molar-refractivity contribution in [1.82, 2.24) is 4.98 Å². The summed E-state index contributed by atoms with van der Waals surface area (Å²) >= 11 is 0. The second-order valence-corrected chi connectivity index (χ2v) is 5.70. The standard InChI is InChI=1S/C20H17F2NO4/c1-25-17-7-12(8-18(26-2)20(17)27-3)19(24)16-6-13(10-23-16)11-4-14(21)9-15(22)5-11/h4-10,23H,1-3H3. The maximum atomic E-state index is 13.4. The second-order valence-electron chi connectivity index (χ2n) is 5.70. The van der Waals surface area contributed by atoms with E-state index in [0.29, 0.717) is 33.9 Å². The average Bonchev–Trinajstić information content (AvgIpc) is 3.15. The van der Waals surface area contributed by atoms with Gasteiger partial charge in [0.05, 0.1) is 27.0 Å². The van der Waals surface area contributed by atoms with E-state index in [2.05, 4.69) is 4.98 Å². The van der Waals surface area contributed by atoms with Gasteiger partial charge in [-0.15, -0.1) is 0 Å². The normalized spacial score (nSPS) is 10.6. The van der Waals surface area contributed by atoms with Gasteiger partial charge in [0.15, 0.2) is 11.5 Å². The van der Waals surface area contributed by atoms with Crippen LogP contribution in [0.3, 0.4) is 0 Å². The van der Waals surface area contributed by atoms with Gasteiger partial charge in [0.2, 0.25) is 11.5 Å². The highest BCUT2D eigenvalue weighted by molar-refractivity contribution is 6.09. The molecule has 0 aliphatic carbocycles. The van der Waals surface area contributed by atoms with Gasteiger partial charge in [-0.1, -0.05) is 0 Å². The van der Waals surface area contributed by atoms with Gasteiger partial charge >= 0.3 is 0 Å². The average molecular weight is 373 g/mol. The molecule has 1 aromatic heterocycles. The molecule has 0 radical (unpaired) electrons. The number of hydrogen-bond acceptors (Lipinski definition) is 4. The molecule has 0 saturated heterocycles. The Bertz CT molecular complexity index is 952. The summed E-state index contributed by atoms with van der Waals surface area (Å²) in [5, 5.41) is 0. The molecular weight excluding hydrogens is 356 g/mol. The van der Waals surface area contributed by atoms with Gasteiger partial charge in [-0.05, 0) is 35.9 Å². The first kappa shape index (κ1) is 18.4. The van der Waals surface area contributed by atoms with E-state index in [1.807, 2.05) is 0 Å². The van der Waals surface area contributed by atoms with E-state index in [-0.39, 0.29) is 11.5 Å². The number of hydrogen-bond donors (Lipinski definition) is 1. The molecule has 5 nitrogen and oxygen atoms in total. The quantitative estimate of drug-likeness (QED) is 0.658. The summed E-state index contributed by atoms with van der Waals surface area (Å²) in [5.41, 5.74) is 1.38. The Morgan fingerprint density at radius 3 is 1.93 bits per heavy atom. The molecule has 3 rings (SSSR count). The second kappa shape index (κ2) is 7.49. The maximum absolute atomic E-state index is 13.4. The van der Waals surface area contributed by atoms with Crippen molar-refractivity contribution >= 4 is 5.78 Å². The zero-order valence-corrected chi connectivity index (χ0v) is 14.9. The lowest BCUT2D eigenvalue weighted by molar-refractivity contribution is 0.103. The van der Waals surface area contributed by atoms with E-state index >= 15 is 0 Å². The molecule has 1 heterocycles. The summed E-state index contributed by atoms with van der Waals surface area (Å²) in [5.74, 6) is -0.651. The fourth-order valence-corrected chi connectivity index (χ4v) is 2.78. The number of ether oxygens (including phenoxy) is 3.